The normalized spacial score (nSPS) is 12.7. The van der Waals surface area contributed by atoms with Gasteiger partial charge >= 0.3 is 0 Å². The van der Waals surface area contributed by atoms with Crippen LogP contribution in [0.25, 0.3) is 0 Å². The van der Waals surface area contributed by atoms with Crippen molar-refractivity contribution in [3.05, 3.63) is 11.5 Å². The van der Waals surface area contributed by atoms with E-state index >= 15 is 0 Å². The second-order valence-electron chi connectivity index (χ2n) is 5.15. The van der Waals surface area contributed by atoms with Gasteiger partial charge in [0.25, 0.3) is 0 Å². The Hall–Kier alpha value is -1.56. The first kappa shape index (κ1) is 15.5. The molecule has 1 amide bonds. The van der Waals surface area contributed by atoms with Crippen molar-refractivity contribution >= 4 is 23.3 Å². The molecule has 0 bridgehead atoms. The molecule has 0 saturated carbocycles. The topological polar surface area (TPSA) is 76.1 Å². The third kappa shape index (κ3) is 4.55. The maximum absolute atomic E-state index is 12.0. The van der Waals surface area contributed by atoms with Crippen molar-refractivity contribution in [3.63, 3.8) is 0 Å². The summed E-state index contributed by atoms with van der Waals surface area (Å²) in [5.74, 6) is 0.572. The highest BCUT2D eigenvalue weighted by Crippen LogP contribution is 2.28. The predicted molar refractivity (Wildman–Crippen MR) is 74.6 cm³/mol. The molecular weight excluding hydrogens is 268 g/mol. The molecule has 0 aliphatic carbocycles. The Bertz CT molecular complexity index is 460. The summed E-state index contributed by atoms with van der Waals surface area (Å²) in [4.78, 5) is 19.8. The van der Waals surface area contributed by atoms with Gasteiger partial charge in [0.1, 0.15) is 12.4 Å². The van der Waals surface area contributed by atoms with Crippen LogP contribution in [0.1, 0.15) is 27.7 Å². The van der Waals surface area contributed by atoms with Gasteiger partial charge in [-0.1, -0.05) is 11.6 Å². The number of carbonyl (C=O) groups excluding carboxylic acids is 1. The van der Waals surface area contributed by atoms with Crippen molar-refractivity contribution < 1.29 is 9.53 Å². The average Bonchev–Trinajstić information content (AvgIpc) is 2.27. The molecule has 2 N–H and O–H groups in total. The van der Waals surface area contributed by atoms with E-state index in [0.717, 1.165) is 0 Å². The maximum atomic E-state index is 12.0. The first-order valence-corrected chi connectivity index (χ1v) is 6.25. The SMILES string of the molecule is COc1c(Cl)ncnc1NC(C)C(=O)NC(C)(C)C. The zero-order valence-corrected chi connectivity index (χ0v) is 12.5. The molecule has 1 aromatic rings. The van der Waals surface area contributed by atoms with Crippen LogP contribution in [0.15, 0.2) is 6.33 Å². The van der Waals surface area contributed by atoms with Gasteiger partial charge in [0, 0.05) is 5.54 Å². The van der Waals surface area contributed by atoms with Gasteiger partial charge in [-0.15, -0.1) is 0 Å². The van der Waals surface area contributed by atoms with E-state index in [1.54, 1.807) is 6.92 Å². The monoisotopic (exact) mass is 286 g/mol. The quantitative estimate of drug-likeness (QED) is 0.826. The van der Waals surface area contributed by atoms with Crippen LogP contribution >= 0.6 is 11.6 Å². The van der Waals surface area contributed by atoms with Crippen LogP contribution in [0.4, 0.5) is 5.82 Å². The fourth-order valence-corrected chi connectivity index (χ4v) is 1.59. The van der Waals surface area contributed by atoms with Crippen LogP contribution in [0, 0.1) is 0 Å². The average molecular weight is 287 g/mol. The lowest BCUT2D eigenvalue weighted by molar-refractivity contribution is -0.122. The van der Waals surface area contributed by atoms with Gasteiger partial charge in [0.05, 0.1) is 7.11 Å². The molecule has 19 heavy (non-hydrogen) atoms. The smallest absolute Gasteiger partial charge is 0.242 e. The molecule has 1 atom stereocenters. The Kier molecular flexibility index (Phi) is 4.94. The Balaban J connectivity index is 2.80. The zero-order valence-electron chi connectivity index (χ0n) is 11.7. The number of rotatable bonds is 4. The van der Waals surface area contributed by atoms with Crippen LogP contribution in [0.5, 0.6) is 5.75 Å². The molecule has 0 aliphatic rings. The van der Waals surface area contributed by atoms with Gasteiger partial charge in [-0.3, -0.25) is 4.79 Å². The van der Waals surface area contributed by atoms with E-state index in [1.165, 1.54) is 13.4 Å². The summed E-state index contributed by atoms with van der Waals surface area (Å²) in [6, 6.07) is -0.473. The molecule has 0 spiro atoms. The molecule has 0 saturated heterocycles. The van der Waals surface area contributed by atoms with Gasteiger partial charge < -0.3 is 15.4 Å². The van der Waals surface area contributed by atoms with Gasteiger partial charge in [0.15, 0.2) is 16.7 Å². The number of nitrogens with one attached hydrogen (secondary N) is 2. The number of carbonyl (C=O) groups is 1. The minimum absolute atomic E-state index is 0.135. The first-order valence-electron chi connectivity index (χ1n) is 5.87. The molecular formula is C12H19ClN4O2. The number of nitrogens with zero attached hydrogens (tertiary/aromatic N) is 2. The molecule has 106 valence electrons. The number of ether oxygens (including phenoxy) is 1. The molecule has 0 fully saturated rings. The lowest BCUT2D eigenvalue weighted by atomic mass is 10.1. The van der Waals surface area contributed by atoms with E-state index in [4.69, 9.17) is 16.3 Å². The number of hydrogen-bond donors (Lipinski definition) is 2. The van der Waals surface area contributed by atoms with Crippen molar-refractivity contribution in [2.45, 2.75) is 39.3 Å². The van der Waals surface area contributed by atoms with Gasteiger partial charge in [0.2, 0.25) is 5.91 Å². The highest BCUT2D eigenvalue weighted by atomic mass is 35.5. The van der Waals surface area contributed by atoms with Crippen LogP contribution < -0.4 is 15.4 Å². The van der Waals surface area contributed by atoms with E-state index in [2.05, 4.69) is 20.6 Å². The van der Waals surface area contributed by atoms with Crippen molar-refractivity contribution in [1.29, 1.82) is 0 Å². The van der Waals surface area contributed by atoms with E-state index in [-0.39, 0.29) is 16.6 Å². The number of halogens is 1. The number of aromatic nitrogens is 2. The minimum atomic E-state index is -0.473. The van der Waals surface area contributed by atoms with Gasteiger partial charge in [-0.05, 0) is 27.7 Å². The summed E-state index contributed by atoms with van der Waals surface area (Å²) in [7, 11) is 1.47. The van der Waals surface area contributed by atoms with E-state index in [0.29, 0.717) is 11.6 Å². The molecule has 0 aliphatic heterocycles. The molecule has 0 radical (unpaired) electrons. The summed E-state index contributed by atoms with van der Waals surface area (Å²) < 4.78 is 5.11. The Morgan fingerprint density at radius 1 is 1.42 bits per heavy atom. The third-order valence-electron chi connectivity index (χ3n) is 2.21. The standard InChI is InChI=1S/C12H19ClN4O2/c1-7(11(18)17-12(2,3)4)16-10-8(19-5)9(13)14-6-15-10/h6-7H,1-5H3,(H,17,18)(H,14,15,16). The van der Waals surface area contributed by atoms with Crippen molar-refractivity contribution in [3.8, 4) is 5.75 Å². The fraction of sp³-hybridized carbons (Fsp3) is 0.583. The zero-order chi connectivity index (χ0) is 14.6. The summed E-state index contributed by atoms with van der Waals surface area (Å²) in [6.07, 6.45) is 1.31. The summed E-state index contributed by atoms with van der Waals surface area (Å²) in [5.41, 5.74) is -0.291. The molecule has 1 rings (SSSR count). The van der Waals surface area contributed by atoms with Crippen LogP contribution in [-0.4, -0.2) is 34.6 Å². The Morgan fingerprint density at radius 2 is 2.05 bits per heavy atom. The minimum Gasteiger partial charge on any atom is -0.490 e. The number of hydrogen-bond acceptors (Lipinski definition) is 5. The predicted octanol–water partition coefficient (Wildman–Crippen LogP) is 1.85. The van der Waals surface area contributed by atoms with Gasteiger partial charge in [-0.2, -0.15) is 0 Å². The van der Waals surface area contributed by atoms with E-state index < -0.39 is 6.04 Å². The van der Waals surface area contributed by atoms with Crippen LogP contribution in [-0.2, 0) is 4.79 Å². The molecule has 7 heteroatoms. The highest BCUT2D eigenvalue weighted by Gasteiger charge is 2.21. The molecule has 1 heterocycles. The van der Waals surface area contributed by atoms with E-state index in [9.17, 15) is 4.79 Å². The Morgan fingerprint density at radius 3 is 2.58 bits per heavy atom. The lowest BCUT2D eigenvalue weighted by Gasteiger charge is -2.24. The van der Waals surface area contributed by atoms with Gasteiger partial charge in [-0.25, -0.2) is 9.97 Å². The van der Waals surface area contributed by atoms with Crippen molar-refractivity contribution in [2.24, 2.45) is 0 Å². The molecule has 0 aromatic carbocycles. The van der Waals surface area contributed by atoms with Crippen LogP contribution in [0.3, 0.4) is 0 Å². The number of amides is 1. The van der Waals surface area contributed by atoms with Crippen molar-refractivity contribution in [2.75, 3.05) is 12.4 Å². The van der Waals surface area contributed by atoms with Crippen molar-refractivity contribution in [1.82, 2.24) is 15.3 Å². The maximum Gasteiger partial charge on any atom is 0.242 e. The second-order valence-corrected chi connectivity index (χ2v) is 5.51. The third-order valence-corrected chi connectivity index (χ3v) is 2.48. The molecule has 6 nitrogen and oxygen atoms in total. The second kappa shape index (κ2) is 6.06. The Labute approximate surface area is 117 Å². The first-order chi connectivity index (χ1) is 8.74. The summed E-state index contributed by atoms with van der Waals surface area (Å²) in [6.45, 7) is 7.48. The lowest BCUT2D eigenvalue weighted by Crippen LogP contribution is -2.47. The summed E-state index contributed by atoms with van der Waals surface area (Å²) >= 11 is 5.88. The number of methoxy groups -OCH3 is 1. The largest absolute Gasteiger partial charge is 0.490 e. The molecule has 1 aromatic heterocycles. The fourth-order valence-electron chi connectivity index (χ4n) is 1.38. The summed E-state index contributed by atoms with van der Waals surface area (Å²) in [5, 5.41) is 6.02. The van der Waals surface area contributed by atoms with E-state index in [1.807, 2.05) is 20.8 Å². The van der Waals surface area contributed by atoms with Crippen LogP contribution in [0.2, 0.25) is 5.15 Å². The highest BCUT2D eigenvalue weighted by molar-refractivity contribution is 6.31. The number of anilines is 1. The molecule has 1 unspecified atom stereocenters.